The van der Waals surface area contributed by atoms with Crippen LogP contribution in [0.5, 0.6) is 0 Å². The molecule has 142 valence electrons. The van der Waals surface area contributed by atoms with Crippen molar-refractivity contribution in [3.8, 4) is 0 Å². The molecule has 25 heavy (non-hydrogen) atoms. The maximum Gasteiger partial charge on any atom is 0.307 e. The third-order valence-electron chi connectivity index (χ3n) is 3.32. The summed E-state index contributed by atoms with van der Waals surface area (Å²) in [5.74, 6) is -1.27. The van der Waals surface area contributed by atoms with Gasteiger partial charge < -0.3 is 14.3 Å². The van der Waals surface area contributed by atoms with Crippen LogP contribution in [-0.4, -0.2) is 55.3 Å². The Kier molecular flexibility index (Phi) is 12.4. The molecule has 0 spiro atoms. The third kappa shape index (κ3) is 16.8. The first-order valence-corrected chi connectivity index (χ1v) is 8.87. The molecule has 0 aliphatic carbocycles. The molecule has 1 atom stereocenters. The van der Waals surface area contributed by atoms with Gasteiger partial charge in [-0.1, -0.05) is 36.5 Å². The number of carboxylic acids is 1. The van der Waals surface area contributed by atoms with Crippen molar-refractivity contribution in [3.05, 3.63) is 36.5 Å². The van der Waals surface area contributed by atoms with E-state index in [1.807, 2.05) is 34.1 Å². The molecule has 0 saturated heterocycles. The third-order valence-corrected chi connectivity index (χ3v) is 3.32. The number of rotatable bonds is 13. The minimum Gasteiger partial charge on any atom is -0.481 e. The predicted molar refractivity (Wildman–Crippen MR) is 101 cm³/mol. The van der Waals surface area contributed by atoms with Crippen LogP contribution in [0.25, 0.3) is 0 Å². The molecule has 0 bridgehead atoms. The van der Waals surface area contributed by atoms with Crippen LogP contribution in [0.15, 0.2) is 36.5 Å². The summed E-state index contributed by atoms with van der Waals surface area (Å²) in [7, 11) is 5.83. The normalized spacial score (nSPS) is 13.8. The Morgan fingerprint density at radius 1 is 1.04 bits per heavy atom. The second-order valence-electron chi connectivity index (χ2n) is 7.06. The second-order valence-corrected chi connectivity index (χ2v) is 7.06. The van der Waals surface area contributed by atoms with Crippen molar-refractivity contribution in [1.82, 2.24) is 0 Å². The summed E-state index contributed by atoms with van der Waals surface area (Å²) in [4.78, 5) is 22.8. The van der Waals surface area contributed by atoms with Crippen LogP contribution >= 0.6 is 0 Å². The van der Waals surface area contributed by atoms with Crippen molar-refractivity contribution in [2.75, 3.05) is 27.7 Å². The van der Waals surface area contributed by atoms with Crippen LogP contribution in [0.1, 0.15) is 45.4 Å². The van der Waals surface area contributed by atoms with E-state index < -0.39 is 12.1 Å². The lowest BCUT2D eigenvalue weighted by atomic mass is 10.2. The molecule has 0 aromatic heterocycles. The molecule has 0 saturated carbocycles. The molecule has 0 aliphatic rings. The van der Waals surface area contributed by atoms with Crippen LogP contribution in [0.2, 0.25) is 0 Å². The number of likely N-dealkylation sites (N-methyl/N-ethyl adjacent to an activating group) is 1. The SMILES string of the molecule is C/C=C/C/C=C/C/C=C/CCCC(=O)OC(CC(=O)O)C[N+](C)(C)C. The van der Waals surface area contributed by atoms with Crippen molar-refractivity contribution in [2.24, 2.45) is 0 Å². The van der Waals surface area contributed by atoms with E-state index >= 15 is 0 Å². The lowest BCUT2D eigenvalue weighted by molar-refractivity contribution is -0.873. The molecule has 0 heterocycles. The molecule has 0 rings (SSSR count). The largest absolute Gasteiger partial charge is 0.481 e. The highest BCUT2D eigenvalue weighted by Gasteiger charge is 2.24. The Balaban J connectivity index is 4.02. The zero-order valence-corrected chi connectivity index (χ0v) is 16.1. The van der Waals surface area contributed by atoms with Gasteiger partial charge in [0.25, 0.3) is 0 Å². The molecule has 0 radical (unpaired) electrons. The molecule has 5 nitrogen and oxygen atoms in total. The van der Waals surface area contributed by atoms with Gasteiger partial charge in [0.2, 0.25) is 0 Å². The molecule has 0 aromatic carbocycles. The van der Waals surface area contributed by atoms with Gasteiger partial charge in [0, 0.05) is 6.42 Å². The Hall–Kier alpha value is -1.88. The van der Waals surface area contributed by atoms with Crippen molar-refractivity contribution < 1.29 is 23.9 Å². The fraction of sp³-hybridized carbons (Fsp3) is 0.600. The fourth-order valence-electron chi connectivity index (χ4n) is 2.26. The van der Waals surface area contributed by atoms with E-state index in [-0.39, 0.29) is 12.4 Å². The van der Waals surface area contributed by atoms with E-state index in [1.165, 1.54) is 0 Å². The number of quaternary nitrogens is 1. The van der Waals surface area contributed by atoms with Gasteiger partial charge in [0.15, 0.2) is 6.10 Å². The smallest absolute Gasteiger partial charge is 0.307 e. The molecule has 5 heteroatoms. The van der Waals surface area contributed by atoms with Crippen LogP contribution in [-0.2, 0) is 14.3 Å². The Bertz CT molecular complexity index is 473. The molecule has 0 aliphatic heterocycles. The highest BCUT2D eigenvalue weighted by molar-refractivity contribution is 5.71. The van der Waals surface area contributed by atoms with Crippen molar-refractivity contribution >= 4 is 11.9 Å². The van der Waals surface area contributed by atoms with Gasteiger partial charge in [-0.2, -0.15) is 0 Å². The zero-order valence-electron chi connectivity index (χ0n) is 16.1. The Morgan fingerprint density at radius 3 is 2.20 bits per heavy atom. The molecular formula is C20H34NO4+. The topological polar surface area (TPSA) is 63.6 Å². The molecule has 0 aromatic rings. The summed E-state index contributed by atoms with van der Waals surface area (Å²) >= 11 is 0. The standard InChI is InChI=1S/C20H33NO4/c1-5-6-7-8-9-10-11-12-13-14-15-20(24)25-18(16-19(22)23)17-21(2,3)4/h5-6,8-9,11-12,18H,7,10,13-17H2,1-4H3/p+1/b6-5+,9-8+,12-11+. The molecular weight excluding hydrogens is 318 g/mol. The van der Waals surface area contributed by atoms with Crippen LogP contribution in [0.3, 0.4) is 0 Å². The summed E-state index contributed by atoms with van der Waals surface area (Å²) in [5, 5.41) is 8.94. The first kappa shape index (κ1) is 23.1. The lowest BCUT2D eigenvalue weighted by Gasteiger charge is -2.28. The summed E-state index contributed by atoms with van der Waals surface area (Å²) in [6, 6.07) is 0. The van der Waals surface area contributed by atoms with E-state index in [4.69, 9.17) is 9.84 Å². The number of carboxylic acid groups (broad SMARTS) is 1. The number of esters is 1. The highest BCUT2D eigenvalue weighted by atomic mass is 16.5. The van der Waals surface area contributed by atoms with Crippen molar-refractivity contribution in [1.29, 1.82) is 0 Å². The van der Waals surface area contributed by atoms with Gasteiger partial charge in [0.1, 0.15) is 6.54 Å². The Labute approximate surface area is 152 Å². The second kappa shape index (κ2) is 13.4. The minimum atomic E-state index is -0.948. The lowest BCUT2D eigenvalue weighted by Crippen LogP contribution is -2.43. The summed E-state index contributed by atoms with van der Waals surface area (Å²) in [6.07, 6.45) is 15.5. The number of carbonyl (C=O) groups excluding carboxylic acids is 1. The molecule has 0 fully saturated rings. The zero-order chi connectivity index (χ0) is 19.1. The summed E-state index contributed by atoms with van der Waals surface area (Å²) in [5.41, 5.74) is 0. The average molecular weight is 352 g/mol. The van der Waals surface area contributed by atoms with Gasteiger partial charge in [-0.3, -0.25) is 9.59 Å². The van der Waals surface area contributed by atoms with Gasteiger partial charge in [-0.05, 0) is 32.6 Å². The van der Waals surface area contributed by atoms with Crippen LogP contribution < -0.4 is 0 Å². The quantitative estimate of drug-likeness (QED) is 0.237. The number of nitrogens with zero attached hydrogens (tertiary/aromatic N) is 1. The monoisotopic (exact) mass is 352 g/mol. The van der Waals surface area contributed by atoms with Gasteiger partial charge in [-0.15, -0.1) is 0 Å². The van der Waals surface area contributed by atoms with Gasteiger partial charge in [0.05, 0.1) is 27.6 Å². The molecule has 1 unspecified atom stereocenters. The van der Waals surface area contributed by atoms with Crippen LogP contribution in [0, 0.1) is 0 Å². The molecule has 1 N–H and O–H groups in total. The summed E-state index contributed by atoms with van der Waals surface area (Å²) in [6.45, 7) is 2.49. The number of ether oxygens (including phenoxy) is 1. The first-order chi connectivity index (χ1) is 11.7. The number of aliphatic carboxylic acids is 1. The van der Waals surface area contributed by atoms with Crippen molar-refractivity contribution in [3.63, 3.8) is 0 Å². The number of allylic oxidation sites excluding steroid dienone is 6. The minimum absolute atomic E-state index is 0.152. The molecule has 0 amide bonds. The fourth-order valence-corrected chi connectivity index (χ4v) is 2.26. The van der Waals surface area contributed by atoms with E-state index in [1.54, 1.807) is 0 Å². The van der Waals surface area contributed by atoms with Gasteiger partial charge in [-0.25, -0.2) is 0 Å². The van der Waals surface area contributed by atoms with E-state index in [9.17, 15) is 9.59 Å². The Morgan fingerprint density at radius 2 is 1.64 bits per heavy atom. The maximum absolute atomic E-state index is 11.9. The van der Waals surface area contributed by atoms with Crippen LogP contribution in [0.4, 0.5) is 0 Å². The highest BCUT2D eigenvalue weighted by Crippen LogP contribution is 2.08. The van der Waals surface area contributed by atoms with E-state index in [2.05, 4.69) is 30.4 Å². The summed E-state index contributed by atoms with van der Waals surface area (Å²) < 4.78 is 5.89. The predicted octanol–water partition coefficient (Wildman–Crippen LogP) is 3.72. The van der Waals surface area contributed by atoms with Gasteiger partial charge >= 0.3 is 11.9 Å². The van der Waals surface area contributed by atoms with Crippen molar-refractivity contribution in [2.45, 2.75) is 51.6 Å². The van der Waals surface area contributed by atoms with E-state index in [0.29, 0.717) is 23.9 Å². The maximum atomic E-state index is 11.9. The first-order valence-electron chi connectivity index (χ1n) is 8.87. The number of hydrogen-bond donors (Lipinski definition) is 1. The number of hydrogen-bond acceptors (Lipinski definition) is 3. The average Bonchev–Trinajstić information content (AvgIpc) is 2.46. The number of carbonyl (C=O) groups is 2. The van der Waals surface area contributed by atoms with E-state index in [0.717, 1.165) is 19.3 Å². The number of unbranched alkanes of at least 4 members (excludes halogenated alkanes) is 1.